The van der Waals surface area contributed by atoms with Crippen LogP contribution in [0.3, 0.4) is 0 Å². The second kappa shape index (κ2) is 8.49. The average molecular weight is 309 g/mol. The molecular weight excluding hydrogens is 288 g/mol. The minimum Gasteiger partial charge on any atom is -1.00 e. The van der Waals surface area contributed by atoms with E-state index < -0.39 is 0 Å². The van der Waals surface area contributed by atoms with E-state index >= 15 is 0 Å². The number of quaternary nitrogens is 1. The van der Waals surface area contributed by atoms with E-state index in [4.69, 9.17) is 9.94 Å². The molecule has 0 radical (unpaired) electrons. The van der Waals surface area contributed by atoms with E-state index in [1.54, 1.807) is 0 Å². The van der Waals surface area contributed by atoms with Gasteiger partial charge in [-0.3, -0.25) is 0 Å². The van der Waals surface area contributed by atoms with Crippen LogP contribution in [0.2, 0.25) is 0 Å². The Morgan fingerprint density at radius 1 is 1.19 bits per heavy atom. The predicted octanol–water partition coefficient (Wildman–Crippen LogP) is -0.975. The van der Waals surface area contributed by atoms with Crippen LogP contribution in [-0.4, -0.2) is 30.1 Å². The Morgan fingerprint density at radius 3 is 2.57 bits per heavy atom. The van der Waals surface area contributed by atoms with Gasteiger partial charge < -0.3 is 27.7 Å². The molecule has 0 aliphatic heterocycles. The number of nitrogens with two attached hydrogens (primary N) is 1. The number of hydrogen-bond acceptors (Lipinski definition) is 3. The summed E-state index contributed by atoms with van der Waals surface area (Å²) in [7, 11) is 0. The smallest absolute Gasteiger partial charge is 0.148 e. The summed E-state index contributed by atoms with van der Waals surface area (Å²) in [6, 6.07) is 14.6. The lowest BCUT2D eigenvalue weighted by Crippen LogP contribution is -3.00. The molecule has 0 aromatic heterocycles. The number of benzene rings is 2. The molecule has 0 atom stereocenters. The molecule has 2 rings (SSSR count). The van der Waals surface area contributed by atoms with E-state index in [0.29, 0.717) is 24.9 Å². The topological polar surface area (TPSA) is 58.4 Å². The summed E-state index contributed by atoms with van der Waals surface area (Å²) in [5, 5.41) is 16.7. The van der Waals surface area contributed by atoms with Gasteiger partial charge in [-0.2, -0.15) is 0 Å². The molecule has 0 aliphatic carbocycles. The molecule has 0 amide bonds. The lowest BCUT2D eigenvalue weighted by molar-refractivity contribution is -0.670. The van der Waals surface area contributed by atoms with Crippen molar-refractivity contribution in [1.29, 1.82) is 0 Å². The van der Waals surface area contributed by atoms with Gasteiger partial charge in [0.1, 0.15) is 24.6 Å². The van der Waals surface area contributed by atoms with Crippen LogP contribution < -0.4 is 22.5 Å². The zero-order valence-electron chi connectivity index (χ0n) is 12.3. The third-order valence-electron chi connectivity index (χ3n) is 3.09. The summed E-state index contributed by atoms with van der Waals surface area (Å²) in [4.78, 5) is 0. The highest BCUT2D eigenvalue weighted by atomic mass is 35.5. The Labute approximate surface area is 131 Å². The van der Waals surface area contributed by atoms with Crippen molar-refractivity contribution >= 4 is 16.5 Å². The molecule has 2 aromatic carbocycles. The molecule has 4 nitrogen and oxygen atoms in total. The Balaban J connectivity index is 0.00000220. The maximum Gasteiger partial charge on any atom is 0.148 e. The highest BCUT2D eigenvalue weighted by Crippen LogP contribution is 2.20. The molecule has 2 aromatic rings. The summed E-state index contributed by atoms with van der Waals surface area (Å²) in [6.07, 6.45) is 0. The lowest BCUT2D eigenvalue weighted by atomic mass is 10.1. The quantitative estimate of drug-likeness (QED) is 0.410. The van der Waals surface area contributed by atoms with Gasteiger partial charge in [-0.25, -0.2) is 0 Å². The Kier molecular flexibility index (Phi) is 6.99. The van der Waals surface area contributed by atoms with Crippen molar-refractivity contribution in [2.45, 2.75) is 19.9 Å². The third-order valence-corrected chi connectivity index (χ3v) is 3.09. The van der Waals surface area contributed by atoms with Crippen LogP contribution in [-0.2, 0) is 0 Å². The first-order chi connectivity index (χ1) is 9.69. The van der Waals surface area contributed by atoms with E-state index in [2.05, 4.69) is 36.5 Å². The summed E-state index contributed by atoms with van der Waals surface area (Å²) in [6.45, 7) is 5.14. The normalized spacial score (nSPS) is 11.5. The molecule has 0 saturated heterocycles. The zero-order chi connectivity index (χ0) is 14.4. The molecule has 0 spiro atoms. The fraction of sp³-hybridized carbons (Fsp3) is 0.312. The maximum absolute atomic E-state index is 8.98. The van der Waals surface area contributed by atoms with Gasteiger partial charge in [0.25, 0.3) is 0 Å². The van der Waals surface area contributed by atoms with Gasteiger partial charge in [-0.1, -0.05) is 35.5 Å². The van der Waals surface area contributed by atoms with Gasteiger partial charge in [-0.05, 0) is 36.8 Å². The van der Waals surface area contributed by atoms with Gasteiger partial charge >= 0.3 is 0 Å². The van der Waals surface area contributed by atoms with Crippen molar-refractivity contribution in [1.82, 2.24) is 0 Å². The molecule has 0 aliphatic rings. The number of hydrogen-bond donors (Lipinski definition) is 2. The molecule has 114 valence electrons. The summed E-state index contributed by atoms with van der Waals surface area (Å²) in [5.41, 5.74) is 0.631. The molecule has 0 fully saturated rings. The predicted molar refractivity (Wildman–Crippen MR) is 80.6 cm³/mol. The molecule has 21 heavy (non-hydrogen) atoms. The minimum atomic E-state index is 0. The molecular formula is C16H21ClN2O2. The van der Waals surface area contributed by atoms with Gasteiger partial charge in [-0.15, -0.1) is 0 Å². The third kappa shape index (κ3) is 5.25. The van der Waals surface area contributed by atoms with Crippen LogP contribution in [0.15, 0.2) is 47.6 Å². The van der Waals surface area contributed by atoms with Crippen LogP contribution >= 0.6 is 0 Å². The number of oxime groups is 1. The van der Waals surface area contributed by atoms with Crippen LogP contribution in [0.1, 0.15) is 13.8 Å². The highest BCUT2D eigenvalue weighted by molar-refractivity contribution is 5.86. The highest BCUT2D eigenvalue weighted by Gasteiger charge is 2.06. The number of ether oxygens (including phenoxy) is 1. The number of fused-ring (bicyclic) bond motifs is 1. The second-order valence-electron chi connectivity index (χ2n) is 5.15. The van der Waals surface area contributed by atoms with Gasteiger partial charge in [0.05, 0.1) is 6.04 Å². The van der Waals surface area contributed by atoms with Crippen molar-refractivity contribution in [2.24, 2.45) is 5.16 Å². The second-order valence-corrected chi connectivity index (χ2v) is 5.15. The van der Waals surface area contributed by atoms with Crippen LogP contribution in [0.25, 0.3) is 10.8 Å². The first-order valence-corrected chi connectivity index (χ1v) is 6.84. The van der Waals surface area contributed by atoms with Gasteiger partial charge in [0.15, 0.2) is 0 Å². The Bertz CT molecular complexity index is 600. The molecule has 0 bridgehead atoms. The van der Waals surface area contributed by atoms with Crippen LogP contribution in [0, 0.1) is 0 Å². The standard InChI is InChI=1S/C16H20N2O2.ClH/c1-12(2)17-10-15(18-19)11-20-16-8-7-13-5-3-4-6-14(13)9-16;/h3-9,12,17,19H,10-11H2,1-2H3;1H/b18-15-;. The van der Waals surface area contributed by atoms with Crippen molar-refractivity contribution < 1.29 is 27.7 Å². The van der Waals surface area contributed by atoms with Gasteiger partial charge in [0, 0.05) is 0 Å². The SMILES string of the molecule is CC(C)[NH2+]C/C(COc1ccc2ccccc2c1)=N/O.[Cl-]. The molecule has 0 heterocycles. The van der Waals surface area contributed by atoms with E-state index in [1.165, 1.54) is 5.39 Å². The Hall–Kier alpha value is -1.78. The lowest BCUT2D eigenvalue weighted by Gasteiger charge is -2.09. The van der Waals surface area contributed by atoms with E-state index in [-0.39, 0.29) is 12.4 Å². The van der Waals surface area contributed by atoms with E-state index in [9.17, 15) is 0 Å². The molecule has 0 saturated carbocycles. The fourth-order valence-corrected chi connectivity index (χ4v) is 1.92. The molecule has 5 heteroatoms. The van der Waals surface area contributed by atoms with Crippen molar-refractivity contribution in [3.63, 3.8) is 0 Å². The van der Waals surface area contributed by atoms with Crippen molar-refractivity contribution in [2.75, 3.05) is 13.2 Å². The summed E-state index contributed by atoms with van der Waals surface area (Å²) < 4.78 is 5.69. The minimum absolute atomic E-state index is 0. The first kappa shape index (κ1) is 17.3. The number of rotatable bonds is 6. The fourth-order valence-electron chi connectivity index (χ4n) is 1.92. The zero-order valence-corrected chi connectivity index (χ0v) is 13.0. The van der Waals surface area contributed by atoms with Crippen molar-refractivity contribution in [3.05, 3.63) is 42.5 Å². The van der Waals surface area contributed by atoms with Gasteiger partial charge in [0.2, 0.25) is 0 Å². The van der Waals surface area contributed by atoms with E-state index in [0.717, 1.165) is 11.1 Å². The molecule has 3 N–H and O–H groups in total. The molecule has 0 unspecified atom stereocenters. The van der Waals surface area contributed by atoms with Crippen LogP contribution in [0.5, 0.6) is 5.75 Å². The van der Waals surface area contributed by atoms with E-state index in [1.807, 2.05) is 30.3 Å². The monoisotopic (exact) mass is 308 g/mol. The number of halogens is 1. The van der Waals surface area contributed by atoms with Crippen LogP contribution in [0.4, 0.5) is 0 Å². The maximum atomic E-state index is 8.98. The Morgan fingerprint density at radius 2 is 1.90 bits per heavy atom. The summed E-state index contributed by atoms with van der Waals surface area (Å²) >= 11 is 0. The average Bonchev–Trinajstić information content (AvgIpc) is 2.47. The number of nitrogens with zero attached hydrogens (tertiary/aromatic N) is 1. The first-order valence-electron chi connectivity index (χ1n) is 6.84. The summed E-state index contributed by atoms with van der Waals surface area (Å²) in [5.74, 6) is 0.786. The largest absolute Gasteiger partial charge is 1.00 e. The van der Waals surface area contributed by atoms with Crippen molar-refractivity contribution in [3.8, 4) is 5.75 Å².